The molecule has 0 bridgehead atoms. The number of carboxylic acids is 1. The monoisotopic (exact) mass is 258 g/mol. The summed E-state index contributed by atoms with van der Waals surface area (Å²) in [6.07, 6.45) is -0.600. The molecule has 0 aliphatic carbocycles. The lowest BCUT2D eigenvalue weighted by Crippen LogP contribution is -2.57. The van der Waals surface area contributed by atoms with Gasteiger partial charge >= 0.3 is 12.1 Å². The summed E-state index contributed by atoms with van der Waals surface area (Å²) in [6, 6.07) is -0.0988. The van der Waals surface area contributed by atoms with E-state index in [0.717, 1.165) is 6.54 Å². The van der Waals surface area contributed by atoms with Crippen molar-refractivity contribution >= 4 is 12.1 Å². The largest absolute Gasteiger partial charge is 0.481 e. The number of likely N-dealkylation sites (tertiary alicyclic amines) is 1. The number of nitrogens with one attached hydrogen (secondary N) is 1. The minimum absolute atomic E-state index is 0.0531. The molecule has 1 fully saturated rings. The number of nitrogens with zero attached hydrogens (tertiary/aromatic N) is 1. The van der Waals surface area contributed by atoms with Crippen LogP contribution in [0, 0.1) is 11.3 Å². The van der Waals surface area contributed by atoms with Crippen LogP contribution in [0.25, 0.3) is 0 Å². The van der Waals surface area contributed by atoms with Crippen molar-refractivity contribution in [3.05, 3.63) is 0 Å². The van der Waals surface area contributed by atoms with Crippen LogP contribution in [0.2, 0.25) is 0 Å². The van der Waals surface area contributed by atoms with Crippen LogP contribution >= 0.6 is 0 Å². The maximum atomic E-state index is 11.3. The summed E-state index contributed by atoms with van der Waals surface area (Å²) in [5, 5.41) is 21.5. The molecule has 2 unspecified atom stereocenters. The Kier molecular flexibility index (Phi) is 4.56. The number of aliphatic carboxylic acids is 1. The van der Waals surface area contributed by atoms with Crippen LogP contribution in [0.1, 0.15) is 27.2 Å². The fourth-order valence-corrected chi connectivity index (χ4v) is 2.26. The highest BCUT2D eigenvalue weighted by atomic mass is 16.4. The van der Waals surface area contributed by atoms with E-state index >= 15 is 0 Å². The van der Waals surface area contributed by atoms with Crippen LogP contribution in [-0.4, -0.2) is 52.9 Å². The molecule has 1 aliphatic heterocycles. The van der Waals surface area contributed by atoms with Crippen molar-refractivity contribution in [2.75, 3.05) is 19.6 Å². The third-order valence-corrected chi connectivity index (χ3v) is 3.28. The Hall–Kier alpha value is -1.30. The van der Waals surface area contributed by atoms with E-state index in [1.165, 1.54) is 4.90 Å². The fourth-order valence-electron chi connectivity index (χ4n) is 2.26. The average Bonchev–Trinajstić information content (AvgIpc) is 2.25. The molecule has 1 heterocycles. The molecule has 1 saturated heterocycles. The van der Waals surface area contributed by atoms with Gasteiger partial charge in [-0.15, -0.1) is 0 Å². The van der Waals surface area contributed by atoms with E-state index in [2.05, 4.69) is 19.2 Å². The Balaban J connectivity index is 2.74. The van der Waals surface area contributed by atoms with Gasteiger partial charge in [-0.2, -0.15) is 0 Å². The lowest BCUT2D eigenvalue weighted by atomic mass is 9.80. The van der Waals surface area contributed by atoms with E-state index in [9.17, 15) is 14.7 Å². The van der Waals surface area contributed by atoms with E-state index in [0.29, 0.717) is 18.9 Å². The first-order valence-electron chi connectivity index (χ1n) is 6.19. The van der Waals surface area contributed by atoms with Gasteiger partial charge in [0.05, 0.1) is 5.41 Å². The van der Waals surface area contributed by atoms with E-state index in [1.807, 2.05) is 0 Å². The van der Waals surface area contributed by atoms with E-state index in [1.54, 1.807) is 6.92 Å². The lowest BCUT2D eigenvalue weighted by Gasteiger charge is -2.41. The number of hydrogen-bond donors (Lipinski definition) is 3. The first-order valence-corrected chi connectivity index (χ1v) is 6.19. The molecule has 18 heavy (non-hydrogen) atoms. The van der Waals surface area contributed by atoms with Crippen LogP contribution in [0.3, 0.4) is 0 Å². The van der Waals surface area contributed by atoms with Gasteiger partial charge in [-0.25, -0.2) is 4.79 Å². The first-order chi connectivity index (χ1) is 8.24. The summed E-state index contributed by atoms with van der Waals surface area (Å²) >= 11 is 0. The van der Waals surface area contributed by atoms with Crippen LogP contribution in [0.15, 0.2) is 0 Å². The van der Waals surface area contributed by atoms with Crippen molar-refractivity contribution in [2.24, 2.45) is 11.3 Å². The number of amides is 1. The molecule has 2 atom stereocenters. The van der Waals surface area contributed by atoms with Crippen LogP contribution in [0.4, 0.5) is 4.79 Å². The van der Waals surface area contributed by atoms with Gasteiger partial charge in [0, 0.05) is 19.1 Å². The van der Waals surface area contributed by atoms with E-state index < -0.39 is 17.5 Å². The summed E-state index contributed by atoms with van der Waals surface area (Å²) in [6.45, 7) is 6.88. The smallest absolute Gasteiger partial charge is 0.407 e. The summed E-state index contributed by atoms with van der Waals surface area (Å²) < 4.78 is 0. The molecule has 0 aromatic carbocycles. The van der Waals surface area contributed by atoms with Crippen LogP contribution in [0.5, 0.6) is 0 Å². The van der Waals surface area contributed by atoms with Crippen LogP contribution in [-0.2, 0) is 4.79 Å². The van der Waals surface area contributed by atoms with Crippen molar-refractivity contribution in [1.29, 1.82) is 0 Å². The Bertz CT molecular complexity index is 332. The normalized spacial score (nSPS) is 28.4. The number of carbonyl (C=O) groups is 2. The van der Waals surface area contributed by atoms with Crippen molar-refractivity contribution in [3.63, 3.8) is 0 Å². The zero-order valence-corrected chi connectivity index (χ0v) is 11.1. The number of piperidine rings is 1. The number of rotatable bonds is 4. The highest BCUT2D eigenvalue weighted by Crippen LogP contribution is 2.30. The molecule has 0 aromatic rings. The average molecular weight is 258 g/mol. The van der Waals surface area contributed by atoms with Crippen molar-refractivity contribution in [2.45, 2.75) is 33.2 Å². The van der Waals surface area contributed by atoms with Crippen molar-refractivity contribution in [3.8, 4) is 0 Å². The Morgan fingerprint density at radius 2 is 2.06 bits per heavy atom. The zero-order chi connectivity index (χ0) is 13.9. The second-order valence-corrected chi connectivity index (χ2v) is 5.73. The fraction of sp³-hybridized carbons (Fsp3) is 0.833. The third-order valence-electron chi connectivity index (χ3n) is 3.28. The molecule has 1 aliphatic rings. The van der Waals surface area contributed by atoms with Crippen molar-refractivity contribution < 1.29 is 19.8 Å². The molecular weight excluding hydrogens is 236 g/mol. The second kappa shape index (κ2) is 5.56. The molecule has 1 rings (SSSR count). The second-order valence-electron chi connectivity index (χ2n) is 5.73. The van der Waals surface area contributed by atoms with Gasteiger partial charge in [-0.05, 0) is 25.8 Å². The van der Waals surface area contributed by atoms with Gasteiger partial charge in [0.1, 0.15) is 0 Å². The summed E-state index contributed by atoms with van der Waals surface area (Å²) in [7, 11) is 0. The lowest BCUT2D eigenvalue weighted by molar-refractivity contribution is -0.151. The maximum absolute atomic E-state index is 11.3. The predicted molar refractivity (Wildman–Crippen MR) is 66.6 cm³/mol. The molecule has 6 heteroatoms. The Labute approximate surface area is 107 Å². The minimum Gasteiger partial charge on any atom is -0.481 e. The van der Waals surface area contributed by atoms with Gasteiger partial charge in [0.25, 0.3) is 0 Å². The molecule has 0 spiro atoms. The van der Waals surface area contributed by atoms with Gasteiger partial charge in [-0.3, -0.25) is 4.79 Å². The van der Waals surface area contributed by atoms with Gasteiger partial charge in [-0.1, -0.05) is 13.8 Å². The highest BCUT2D eigenvalue weighted by Gasteiger charge is 2.43. The van der Waals surface area contributed by atoms with E-state index in [4.69, 9.17) is 5.11 Å². The van der Waals surface area contributed by atoms with Gasteiger partial charge in [0.2, 0.25) is 0 Å². The van der Waals surface area contributed by atoms with Crippen LogP contribution < -0.4 is 5.32 Å². The Morgan fingerprint density at radius 3 is 2.50 bits per heavy atom. The molecule has 1 amide bonds. The molecular formula is C12H22N2O4. The summed E-state index contributed by atoms with van der Waals surface area (Å²) in [5.74, 6) is -0.494. The van der Waals surface area contributed by atoms with Gasteiger partial charge in [0.15, 0.2) is 0 Å². The first kappa shape index (κ1) is 14.8. The maximum Gasteiger partial charge on any atom is 0.407 e. The summed E-state index contributed by atoms with van der Waals surface area (Å²) in [4.78, 5) is 23.5. The number of carboxylic acid groups (broad SMARTS) is 2. The zero-order valence-electron chi connectivity index (χ0n) is 11.1. The quantitative estimate of drug-likeness (QED) is 0.702. The third kappa shape index (κ3) is 3.60. The SMILES string of the molecule is CC(C)CNC1CN(C(=O)O)CC(C)(C(=O)O)C1. The Morgan fingerprint density at radius 1 is 1.44 bits per heavy atom. The van der Waals surface area contributed by atoms with Crippen molar-refractivity contribution in [1.82, 2.24) is 10.2 Å². The number of hydrogen-bond acceptors (Lipinski definition) is 3. The van der Waals surface area contributed by atoms with Gasteiger partial charge < -0.3 is 20.4 Å². The summed E-state index contributed by atoms with van der Waals surface area (Å²) in [5.41, 5.74) is -1.01. The molecule has 0 saturated carbocycles. The molecule has 6 nitrogen and oxygen atoms in total. The van der Waals surface area contributed by atoms with E-state index in [-0.39, 0.29) is 12.6 Å². The minimum atomic E-state index is -1.06. The predicted octanol–water partition coefficient (Wildman–Crippen LogP) is 1.08. The topological polar surface area (TPSA) is 89.9 Å². The standard InChI is InChI=1S/C12H22N2O4/c1-8(2)5-13-9-4-12(3,10(15)16)7-14(6-9)11(17)18/h8-9,13H,4-7H2,1-3H3,(H,15,16)(H,17,18). The highest BCUT2D eigenvalue weighted by molar-refractivity contribution is 5.76. The molecule has 0 aromatic heterocycles. The molecule has 3 N–H and O–H groups in total. The molecule has 0 radical (unpaired) electrons. The molecule has 104 valence electrons.